The lowest BCUT2D eigenvalue weighted by Gasteiger charge is -2.12. The van der Waals surface area contributed by atoms with E-state index in [1.165, 1.54) is 25.0 Å². The van der Waals surface area contributed by atoms with Crippen LogP contribution in [-0.4, -0.2) is 29.7 Å². The summed E-state index contributed by atoms with van der Waals surface area (Å²) >= 11 is 5.02. The Hall–Kier alpha value is -2.61. The average Bonchev–Trinajstić information content (AvgIpc) is 2.49. The molecule has 1 aromatic carbocycles. The lowest BCUT2D eigenvalue weighted by molar-refractivity contribution is -0.118. The monoisotopic (exact) mass is 321 g/mol. The minimum absolute atomic E-state index is 0.120. The minimum atomic E-state index is -0.563. The standard InChI is InChI=1S/C14H15N3O4S/c1-20-8-3-4-11(21-2)9(5-8)10-6-17(7-12(15)18)14(22)16-13(10)19/h3-6H,7H2,1-2H3,(H2,15,18)(H,16,19,22). The topological polar surface area (TPSA) is 99.3 Å². The molecule has 2 rings (SSSR count). The average molecular weight is 321 g/mol. The van der Waals surface area contributed by atoms with Crippen molar-refractivity contribution in [3.63, 3.8) is 0 Å². The SMILES string of the molecule is COc1ccc(OC)c(-c2cn(CC(N)=O)c(=S)[nH]c2=O)c1. The molecule has 3 N–H and O–H groups in total. The molecule has 0 spiro atoms. The number of ether oxygens (including phenoxy) is 2. The van der Waals surface area contributed by atoms with Gasteiger partial charge in [-0.15, -0.1) is 0 Å². The molecule has 22 heavy (non-hydrogen) atoms. The van der Waals surface area contributed by atoms with Gasteiger partial charge in [-0.2, -0.15) is 0 Å². The van der Waals surface area contributed by atoms with Crippen molar-refractivity contribution in [3.05, 3.63) is 39.5 Å². The van der Waals surface area contributed by atoms with Crippen LogP contribution in [0.2, 0.25) is 0 Å². The van der Waals surface area contributed by atoms with Crippen molar-refractivity contribution in [2.75, 3.05) is 14.2 Å². The van der Waals surface area contributed by atoms with Gasteiger partial charge in [-0.25, -0.2) is 0 Å². The summed E-state index contributed by atoms with van der Waals surface area (Å²) in [4.78, 5) is 25.8. The second kappa shape index (κ2) is 6.44. The van der Waals surface area contributed by atoms with E-state index in [-0.39, 0.29) is 11.3 Å². The smallest absolute Gasteiger partial charge is 0.259 e. The van der Waals surface area contributed by atoms with Gasteiger partial charge >= 0.3 is 0 Å². The third-order valence-electron chi connectivity index (χ3n) is 3.03. The number of nitrogens with two attached hydrogens (primary N) is 1. The molecule has 1 heterocycles. The Bertz CT molecular complexity index is 826. The van der Waals surface area contributed by atoms with Crippen molar-refractivity contribution >= 4 is 18.1 Å². The molecule has 116 valence electrons. The fraction of sp³-hybridized carbons (Fsp3) is 0.214. The third kappa shape index (κ3) is 3.17. The summed E-state index contributed by atoms with van der Waals surface area (Å²) in [5.74, 6) is 0.500. The van der Waals surface area contributed by atoms with E-state index < -0.39 is 11.5 Å². The first kappa shape index (κ1) is 15.8. The van der Waals surface area contributed by atoms with Crippen molar-refractivity contribution in [1.29, 1.82) is 0 Å². The van der Waals surface area contributed by atoms with Crippen LogP contribution in [0.4, 0.5) is 0 Å². The maximum absolute atomic E-state index is 12.2. The van der Waals surface area contributed by atoms with Crippen LogP contribution < -0.4 is 20.8 Å². The molecule has 0 aliphatic carbocycles. The van der Waals surface area contributed by atoms with Crippen molar-refractivity contribution < 1.29 is 14.3 Å². The third-order valence-corrected chi connectivity index (χ3v) is 3.37. The van der Waals surface area contributed by atoms with E-state index in [1.807, 2.05) is 0 Å². The molecular weight excluding hydrogens is 306 g/mol. The maximum Gasteiger partial charge on any atom is 0.259 e. The highest BCUT2D eigenvalue weighted by atomic mass is 32.1. The Balaban J connectivity index is 2.68. The van der Waals surface area contributed by atoms with E-state index in [0.29, 0.717) is 22.6 Å². The Morgan fingerprint density at radius 3 is 2.64 bits per heavy atom. The Labute approximate surface area is 131 Å². The Morgan fingerprint density at radius 1 is 1.32 bits per heavy atom. The molecule has 2 aromatic rings. The van der Waals surface area contributed by atoms with Crippen LogP contribution in [0.15, 0.2) is 29.2 Å². The molecule has 0 fully saturated rings. The number of benzene rings is 1. The molecule has 0 aliphatic heterocycles. The highest BCUT2D eigenvalue weighted by molar-refractivity contribution is 7.71. The summed E-state index contributed by atoms with van der Waals surface area (Å²) in [5, 5.41) is 0. The first-order valence-electron chi connectivity index (χ1n) is 6.30. The number of nitrogens with one attached hydrogen (secondary N) is 1. The fourth-order valence-corrected chi connectivity index (χ4v) is 2.22. The van der Waals surface area contributed by atoms with Gasteiger partial charge in [0.1, 0.15) is 18.0 Å². The molecule has 0 bridgehead atoms. The van der Waals surface area contributed by atoms with Crippen LogP contribution in [0.25, 0.3) is 11.1 Å². The van der Waals surface area contributed by atoms with Crippen LogP contribution >= 0.6 is 12.2 Å². The van der Waals surface area contributed by atoms with Gasteiger partial charge in [0.2, 0.25) is 5.91 Å². The van der Waals surface area contributed by atoms with Gasteiger partial charge in [0.05, 0.1) is 19.8 Å². The summed E-state index contributed by atoms with van der Waals surface area (Å²) in [6.07, 6.45) is 1.48. The second-order valence-electron chi connectivity index (χ2n) is 4.46. The van der Waals surface area contributed by atoms with Gasteiger partial charge in [0.15, 0.2) is 4.77 Å². The first-order valence-corrected chi connectivity index (χ1v) is 6.71. The predicted molar refractivity (Wildman–Crippen MR) is 83.6 cm³/mol. The normalized spacial score (nSPS) is 10.3. The van der Waals surface area contributed by atoms with Crippen LogP contribution in [0, 0.1) is 4.77 Å². The van der Waals surface area contributed by atoms with Crippen molar-refractivity contribution in [2.45, 2.75) is 6.54 Å². The molecule has 1 amide bonds. The minimum Gasteiger partial charge on any atom is -0.497 e. The maximum atomic E-state index is 12.2. The number of methoxy groups -OCH3 is 2. The van der Waals surface area contributed by atoms with Crippen molar-refractivity contribution in [1.82, 2.24) is 9.55 Å². The summed E-state index contributed by atoms with van der Waals surface area (Å²) in [7, 11) is 3.02. The summed E-state index contributed by atoms with van der Waals surface area (Å²) in [6, 6.07) is 5.07. The van der Waals surface area contributed by atoms with E-state index in [4.69, 9.17) is 27.4 Å². The van der Waals surface area contributed by atoms with E-state index in [1.54, 1.807) is 18.2 Å². The molecule has 0 aliphatic rings. The van der Waals surface area contributed by atoms with E-state index in [2.05, 4.69) is 4.98 Å². The van der Waals surface area contributed by atoms with Crippen LogP contribution in [0.1, 0.15) is 0 Å². The Kier molecular flexibility index (Phi) is 4.62. The van der Waals surface area contributed by atoms with Gasteiger partial charge < -0.3 is 19.8 Å². The molecule has 0 atom stereocenters. The van der Waals surface area contributed by atoms with E-state index in [9.17, 15) is 9.59 Å². The number of rotatable bonds is 5. The molecule has 8 heteroatoms. The zero-order chi connectivity index (χ0) is 16.3. The quantitative estimate of drug-likeness (QED) is 0.803. The predicted octanol–water partition coefficient (Wildman–Crippen LogP) is 1.08. The number of hydrogen-bond acceptors (Lipinski definition) is 5. The lowest BCUT2D eigenvalue weighted by Crippen LogP contribution is -2.23. The summed E-state index contributed by atoms with van der Waals surface area (Å²) < 4.78 is 12.0. The van der Waals surface area contributed by atoms with Crippen LogP contribution in [0.5, 0.6) is 11.5 Å². The summed E-state index contributed by atoms with van der Waals surface area (Å²) in [6.45, 7) is -0.130. The molecule has 7 nitrogen and oxygen atoms in total. The highest BCUT2D eigenvalue weighted by Crippen LogP contribution is 2.31. The van der Waals surface area contributed by atoms with Crippen LogP contribution in [0.3, 0.4) is 0 Å². The second-order valence-corrected chi connectivity index (χ2v) is 4.85. The van der Waals surface area contributed by atoms with Crippen molar-refractivity contribution in [3.8, 4) is 22.6 Å². The summed E-state index contributed by atoms with van der Waals surface area (Å²) in [5.41, 5.74) is 5.61. The molecule has 0 saturated heterocycles. The largest absolute Gasteiger partial charge is 0.497 e. The number of H-pyrrole nitrogens is 1. The zero-order valence-electron chi connectivity index (χ0n) is 12.1. The lowest BCUT2D eigenvalue weighted by atomic mass is 10.1. The van der Waals surface area contributed by atoms with Gasteiger partial charge in [0.25, 0.3) is 5.56 Å². The number of hydrogen-bond donors (Lipinski definition) is 2. The number of carbonyl (C=O) groups is 1. The Morgan fingerprint density at radius 2 is 2.05 bits per heavy atom. The number of carbonyl (C=O) groups excluding carboxylic acids is 1. The van der Waals surface area contributed by atoms with Gasteiger partial charge in [-0.05, 0) is 30.4 Å². The number of amides is 1. The molecular formula is C14H15N3O4S. The van der Waals surface area contributed by atoms with Gasteiger partial charge in [-0.3, -0.25) is 14.6 Å². The van der Waals surface area contributed by atoms with Crippen molar-refractivity contribution in [2.24, 2.45) is 5.73 Å². The number of aromatic nitrogens is 2. The number of nitrogens with zero attached hydrogens (tertiary/aromatic N) is 1. The molecule has 1 aromatic heterocycles. The van der Waals surface area contributed by atoms with Gasteiger partial charge in [0, 0.05) is 11.8 Å². The van der Waals surface area contributed by atoms with E-state index >= 15 is 0 Å². The fourth-order valence-electron chi connectivity index (χ4n) is 2.01. The number of primary amides is 1. The van der Waals surface area contributed by atoms with Crippen LogP contribution in [-0.2, 0) is 11.3 Å². The van der Waals surface area contributed by atoms with Gasteiger partial charge in [-0.1, -0.05) is 0 Å². The number of aromatic amines is 1. The highest BCUT2D eigenvalue weighted by Gasteiger charge is 2.13. The molecule has 0 radical (unpaired) electrons. The van der Waals surface area contributed by atoms with E-state index in [0.717, 1.165) is 0 Å². The molecule has 0 saturated carbocycles. The zero-order valence-corrected chi connectivity index (χ0v) is 12.9. The molecule has 0 unspecified atom stereocenters. The first-order chi connectivity index (χ1) is 10.5.